The van der Waals surface area contributed by atoms with Gasteiger partial charge in [-0.05, 0) is 39.3 Å². The topological polar surface area (TPSA) is 67.2 Å². The maximum Gasteiger partial charge on any atom is 0.249 e. The van der Waals surface area contributed by atoms with Gasteiger partial charge in [0.05, 0.1) is 16.3 Å². The predicted molar refractivity (Wildman–Crippen MR) is 102 cm³/mol. The molecule has 1 N–H and O–H groups in total. The van der Waals surface area contributed by atoms with Crippen LogP contribution < -0.4 is 5.32 Å². The van der Waals surface area contributed by atoms with Crippen LogP contribution in [0.5, 0.6) is 0 Å². The molecular weight excluding hydrogens is 348 g/mol. The summed E-state index contributed by atoms with van der Waals surface area (Å²) in [4.78, 5) is 26.7. The summed E-state index contributed by atoms with van der Waals surface area (Å²) in [5.74, 6) is 1.18. The van der Waals surface area contributed by atoms with Crippen LogP contribution in [-0.2, 0) is 9.59 Å². The molecule has 1 aromatic carbocycles. The lowest BCUT2D eigenvalue weighted by atomic mass is 10.2. The van der Waals surface area contributed by atoms with Crippen LogP contribution in [0.3, 0.4) is 0 Å². The number of aromatic nitrogens is 2. The number of hydrogen-bond donors (Lipinski definition) is 1. The molecule has 136 valence electrons. The van der Waals surface area contributed by atoms with Crippen LogP contribution in [0.4, 0.5) is 5.82 Å². The SMILES string of the molecule is Cc1ccc(-n2nc(C)cc2NC(=O)[C@H]2CS[C@@]3(C)CCC(=O)N23)cc1. The van der Waals surface area contributed by atoms with Crippen molar-refractivity contribution in [2.45, 2.75) is 44.5 Å². The molecule has 2 aliphatic heterocycles. The fourth-order valence-electron chi connectivity index (χ4n) is 3.70. The average Bonchev–Trinajstić information content (AvgIpc) is 3.22. The minimum Gasteiger partial charge on any atom is -0.315 e. The zero-order chi connectivity index (χ0) is 18.5. The first kappa shape index (κ1) is 17.1. The highest BCUT2D eigenvalue weighted by atomic mass is 32.2. The number of amides is 2. The molecule has 0 spiro atoms. The third-order valence-electron chi connectivity index (χ3n) is 5.11. The zero-order valence-corrected chi connectivity index (χ0v) is 16.0. The van der Waals surface area contributed by atoms with E-state index < -0.39 is 6.04 Å². The Morgan fingerprint density at radius 2 is 2.04 bits per heavy atom. The molecular formula is C19H22N4O2S. The Hall–Kier alpha value is -2.28. The number of nitrogens with one attached hydrogen (secondary N) is 1. The van der Waals surface area contributed by atoms with Crippen LogP contribution in [0.25, 0.3) is 5.69 Å². The van der Waals surface area contributed by atoms with Crippen LogP contribution in [0.1, 0.15) is 31.0 Å². The summed E-state index contributed by atoms with van der Waals surface area (Å²) in [5, 5.41) is 7.49. The third kappa shape index (κ3) is 2.80. The van der Waals surface area contributed by atoms with E-state index in [-0.39, 0.29) is 16.7 Å². The van der Waals surface area contributed by atoms with Gasteiger partial charge in [-0.25, -0.2) is 4.68 Å². The number of thioether (sulfide) groups is 1. The van der Waals surface area contributed by atoms with Gasteiger partial charge in [0, 0.05) is 18.2 Å². The van der Waals surface area contributed by atoms with E-state index in [1.54, 1.807) is 21.3 Å². The largest absolute Gasteiger partial charge is 0.315 e. The van der Waals surface area contributed by atoms with Crippen LogP contribution in [0, 0.1) is 13.8 Å². The first-order valence-electron chi connectivity index (χ1n) is 8.78. The summed E-state index contributed by atoms with van der Waals surface area (Å²) in [6.45, 7) is 5.98. The standard InChI is InChI=1S/C19H22N4O2S/c1-12-4-6-14(7-5-12)23-16(10-13(2)21-23)20-18(25)15-11-26-19(3)9-8-17(24)22(15)19/h4-7,10,15H,8-9,11H2,1-3H3,(H,20,25)/t15-,19+/m1/s1. The van der Waals surface area contributed by atoms with Crippen molar-refractivity contribution in [3.05, 3.63) is 41.6 Å². The van der Waals surface area contributed by atoms with E-state index in [1.165, 1.54) is 0 Å². The highest BCUT2D eigenvalue weighted by Crippen LogP contribution is 2.47. The van der Waals surface area contributed by atoms with Gasteiger partial charge in [0.1, 0.15) is 11.9 Å². The average molecular weight is 370 g/mol. The fraction of sp³-hybridized carbons (Fsp3) is 0.421. The van der Waals surface area contributed by atoms with Gasteiger partial charge in [-0.3, -0.25) is 9.59 Å². The molecule has 2 atom stereocenters. The highest BCUT2D eigenvalue weighted by molar-refractivity contribution is 8.01. The third-order valence-corrected chi connectivity index (χ3v) is 6.61. The molecule has 2 aromatic rings. The van der Waals surface area contributed by atoms with E-state index >= 15 is 0 Å². The van der Waals surface area contributed by atoms with Crippen molar-refractivity contribution in [3.63, 3.8) is 0 Å². The first-order valence-corrected chi connectivity index (χ1v) is 9.77. The Balaban J connectivity index is 1.59. The monoisotopic (exact) mass is 370 g/mol. The molecule has 2 aliphatic rings. The Morgan fingerprint density at radius 1 is 1.31 bits per heavy atom. The van der Waals surface area contributed by atoms with E-state index in [0.717, 1.165) is 23.4 Å². The van der Waals surface area contributed by atoms with Crippen molar-refractivity contribution in [3.8, 4) is 5.69 Å². The predicted octanol–water partition coefficient (Wildman–Crippen LogP) is 2.88. The number of carbonyl (C=O) groups is 2. The van der Waals surface area contributed by atoms with Gasteiger partial charge >= 0.3 is 0 Å². The molecule has 26 heavy (non-hydrogen) atoms. The van der Waals surface area contributed by atoms with E-state index in [9.17, 15) is 9.59 Å². The quantitative estimate of drug-likeness (QED) is 0.902. The van der Waals surface area contributed by atoms with E-state index in [2.05, 4.69) is 17.3 Å². The lowest BCUT2D eigenvalue weighted by molar-refractivity contribution is -0.135. The summed E-state index contributed by atoms with van der Waals surface area (Å²) in [5.41, 5.74) is 2.88. The minimum atomic E-state index is -0.429. The van der Waals surface area contributed by atoms with E-state index in [0.29, 0.717) is 18.0 Å². The zero-order valence-electron chi connectivity index (χ0n) is 15.2. The second kappa shape index (κ2) is 6.16. The number of nitrogens with zero attached hydrogens (tertiary/aromatic N) is 3. The number of rotatable bonds is 3. The Kier molecular flexibility index (Phi) is 4.06. The van der Waals surface area contributed by atoms with Crippen LogP contribution in [0.15, 0.2) is 30.3 Å². The normalized spacial score (nSPS) is 24.8. The summed E-state index contributed by atoms with van der Waals surface area (Å²) < 4.78 is 1.74. The molecule has 0 bridgehead atoms. The molecule has 2 fully saturated rings. The molecule has 4 rings (SSSR count). The number of fused-ring (bicyclic) bond motifs is 1. The molecule has 0 unspecified atom stereocenters. The van der Waals surface area contributed by atoms with Crippen molar-refractivity contribution in [2.24, 2.45) is 0 Å². The first-order chi connectivity index (χ1) is 12.4. The Labute approximate surface area is 156 Å². The molecule has 7 heteroatoms. The van der Waals surface area contributed by atoms with Gasteiger partial charge in [-0.2, -0.15) is 5.10 Å². The van der Waals surface area contributed by atoms with Crippen LogP contribution in [0.2, 0.25) is 0 Å². The van der Waals surface area contributed by atoms with Crippen molar-refractivity contribution < 1.29 is 9.59 Å². The maximum absolute atomic E-state index is 12.9. The van der Waals surface area contributed by atoms with Gasteiger partial charge in [0.25, 0.3) is 0 Å². The van der Waals surface area contributed by atoms with Gasteiger partial charge in [0.15, 0.2) is 0 Å². The number of carbonyl (C=O) groups excluding carboxylic acids is 2. The smallest absolute Gasteiger partial charge is 0.249 e. The summed E-state index contributed by atoms with van der Waals surface area (Å²) >= 11 is 1.70. The molecule has 1 aromatic heterocycles. The summed E-state index contributed by atoms with van der Waals surface area (Å²) in [6.07, 6.45) is 1.33. The van der Waals surface area contributed by atoms with Crippen molar-refractivity contribution in [2.75, 3.05) is 11.1 Å². The van der Waals surface area contributed by atoms with Crippen LogP contribution >= 0.6 is 11.8 Å². The molecule has 0 saturated carbocycles. The lowest BCUT2D eigenvalue weighted by Crippen LogP contribution is -2.48. The number of anilines is 1. The number of hydrogen-bond acceptors (Lipinski definition) is 4. The lowest BCUT2D eigenvalue weighted by Gasteiger charge is -2.29. The maximum atomic E-state index is 12.9. The Bertz CT molecular complexity index is 876. The van der Waals surface area contributed by atoms with E-state index in [4.69, 9.17) is 0 Å². The molecule has 0 aliphatic carbocycles. The van der Waals surface area contributed by atoms with Crippen molar-refractivity contribution >= 4 is 29.4 Å². The number of aryl methyl sites for hydroxylation is 2. The fourth-order valence-corrected chi connectivity index (χ4v) is 5.13. The number of benzene rings is 1. The minimum absolute atomic E-state index is 0.0703. The highest BCUT2D eigenvalue weighted by Gasteiger charge is 2.52. The van der Waals surface area contributed by atoms with Gasteiger partial charge in [-0.15, -0.1) is 11.8 Å². The van der Waals surface area contributed by atoms with Gasteiger partial charge < -0.3 is 10.2 Å². The van der Waals surface area contributed by atoms with E-state index in [1.807, 2.05) is 44.2 Å². The van der Waals surface area contributed by atoms with Crippen molar-refractivity contribution in [1.82, 2.24) is 14.7 Å². The van der Waals surface area contributed by atoms with Crippen LogP contribution in [-0.4, -0.2) is 43.2 Å². The summed E-state index contributed by atoms with van der Waals surface area (Å²) in [7, 11) is 0. The second-order valence-corrected chi connectivity index (χ2v) is 8.67. The van der Waals surface area contributed by atoms with Crippen molar-refractivity contribution in [1.29, 1.82) is 0 Å². The second-order valence-electron chi connectivity index (χ2n) is 7.17. The van der Waals surface area contributed by atoms with Gasteiger partial charge in [-0.1, -0.05) is 17.7 Å². The molecule has 2 amide bonds. The molecule has 3 heterocycles. The molecule has 2 saturated heterocycles. The molecule has 0 radical (unpaired) electrons. The summed E-state index contributed by atoms with van der Waals surface area (Å²) in [6, 6.07) is 9.40. The Morgan fingerprint density at radius 3 is 2.77 bits per heavy atom. The molecule has 6 nitrogen and oxygen atoms in total. The van der Waals surface area contributed by atoms with Gasteiger partial charge in [0.2, 0.25) is 11.8 Å².